The Morgan fingerprint density at radius 2 is 2.06 bits per heavy atom. The molecule has 1 aromatic carbocycles. The van der Waals surface area contributed by atoms with E-state index in [-0.39, 0.29) is 41.5 Å². The Kier molecular flexibility index (Phi) is 4.90. The lowest BCUT2D eigenvalue weighted by atomic mass is 9.56. The summed E-state index contributed by atoms with van der Waals surface area (Å²) >= 11 is 0. The summed E-state index contributed by atoms with van der Waals surface area (Å²) in [6.45, 7) is 6.21. The lowest BCUT2D eigenvalue weighted by Crippen LogP contribution is -2.55. The van der Waals surface area contributed by atoms with Gasteiger partial charge in [0, 0.05) is 31.6 Å². The van der Waals surface area contributed by atoms with Gasteiger partial charge in [-0.2, -0.15) is 0 Å². The molecule has 7 heteroatoms. The molecule has 2 spiro atoms. The van der Waals surface area contributed by atoms with Crippen LogP contribution in [0.25, 0.3) is 0 Å². The SMILES string of the molecule is COC1[C@H](C)CC2(Cc3ccc(F)cc3[C@]23N=C(N)N(C[C@@H]2CCOC2)C3=O)C[C@@H]1C. The Labute approximate surface area is 183 Å². The molecule has 2 aliphatic carbocycles. The van der Waals surface area contributed by atoms with E-state index in [1.165, 1.54) is 12.1 Å². The minimum Gasteiger partial charge on any atom is -0.381 e. The van der Waals surface area contributed by atoms with E-state index >= 15 is 0 Å². The van der Waals surface area contributed by atoms with Crippen LogP contribution in [-0.4, -0.2) is 49.7 Å². The van der Waals surface area contributed by atoms with Crippen molar-refractivity contribution in [1.29, 1.82) is 0 Å². The first kappa shape index (κ1) is 20.9. The van der Waals surface area contributed by atoms with E-state index in [0.717, 1.165) is 24.8 Å². The highest BCUT2D eigenvalue weighted by atomic mass is 19.1. The van der Waals surface area contributed by atoms with Gasteiger partial charge in [0.1, 0.15) is 5.82 Å². The van der Waals surface area contributed by atoms with E-state index in [9.17, 15) is 9.18 Å². The molecule has 5 rings (SSSR count). The number of nitrogens with two attached hydrogens (primary N) is 1. The number of carbonyl (C=O) groups excluding carboxylic acids is 1. The lowest BCUT2D eigenvalue weighted by molar-refractivity contribution is -0.142. The van der Waals surface area contributed by atoms with Gasteiger partial charge in [0.25, 0.3) is 5.91 Å². The lowest BCUT2D eigenvalue weighted by Gasteiger charge is -2.50. The van der Waals surface area contributed by atoms with Gasteiger partial charge in [-0.15, -0.1) is 0 Å². The largest absolute Gasteiger partial charge is 0.381 e. The molecule has 0 bridgehead atoms. The molecule has 1 aromatic rings. The molecule has 1 amide bonds. The third kappa shape index (κ3) is 2.89. The van der Waals surface area contributed by atoms with Gasteiger partial charge in [-0.25, -0.2) is 9.38 Å². The number of rotatable bonds is 3. The second kappa shape index (κ2) is 7.27. The second-order valence-corrected chi connectivity index (χ2v) is 10.1. The maximum Gasteiger partial charge on any atom is 0.262 e. The summed E-state index contributed by atoms with van der Waals surface area (Å²) in [5.74, 6) is 0.571. The van der Waals surface area contributed by atoms with Crippen molar-refractivity contribution in [3.8, 4) is 0 Å². The number of ether oxygens (including phenoxy) is 2. The van der Waals surface area contributed by atoms with E-state index in [2.05, 4.69) is 13.8 Å². The topological polar surface area (TPSA) is 77.2 Å². The standard InChI is InChI=1S/C24H32FN3O3/c1-14-9-23(10-15(2)20(14)30-3)11-17-4-5-18(25)8-19(17)24(23)21(29)28(22(26)27-24)12-16-6-7-31-13-16/h4-5,8,14-16,20H,6-7,9-13H2,1-3H3,(H2,26,27)/t14-,15+,16-,20?,23?,24+/m0/s1. The van der Waals surface area contributed by atoms with E-state index in [1.807, 2.05) is 6.07 Å². The van der Waals surface area contributed by atoms with Crippen molar-refractivity contribution in [3.05, 3.63) is 35.1 Å². The summed E-state index contributed by atoms with van der Waals surface area (Å²) in [4.78, 5) is 20.7. The first-order chi connectivity index (χ1) is 14.8. The highest BCUT2D eigenvalue weighted by Gasteiger charge is 2.68. The number of hydrogen-bond acceptors (Lipinski definition) is 5. The molecule has 4 aliphatic rings. The molecule has 2 N–H and O–H groups in total. The van der Waals surface area contributed by atoms with Gasteiger partial charge in [0.2, 0.25) is 0 Å². The molecule has 2 heterocycles. The highest BCUT2D eigenvalue weighted by molar-refractivity contribution is 6.08. The van der Waals surface area contributed by atoms with Crippen molar-refractivity contribution >= 4 is 11.9 Å². The van der Waals surface area contributed by atoms with Crippen molar-refractivity contribution in [2.45, 2.75) is 51.2 Å². The highest BCUT2D eigenvalue weighted by Crippen LogP contribution is 2.63. The van der Waals surface area contributed by atoms with Gasteiger partial charge in [-0.05, 0) is 60.8 Å². The average Bonchev–Trinajstić information content (AvgIpc) is 3.37. The molecule has 2 unspecified atom stereocenters. The maximum absolute atomic E-state index is 14.4. The van der Waals surface area contributed by atoms with Gasteiger partial charge in [-0.3, -0.25) is 9.69 Å². The van der Waals surface area contributed by atoms with Crippen LogP contribution in [0.2, 0.25) is 0 Å². The monoisotopic (exact) mass is 429 g/mol. The summed E-state index contributed by atoms with van der Waals surface area (Å²) in [6, 6.07) is 4.82. The Balaban J connectivity index is 1.61. The molecule has 0 radical (unpaired) electrons. The molecule has 168 valence electrons. The number of nitrogens with zero attached hydrogens (tertiary/aromatic N) is 2. The number of amides is 1. The van der Waals surface area contributed by atoms with Gasteiger partial charge >= 0.3 is 0 Å². The van der Waals surface area contributed by atoms with Crippen LogP contribution in [-0.2, 0) is 26.2 Å². The van der Waals surface area contributed by atoms with Gasteiger partial charge in [-0.1, -0.05) is 19.9 Å². The first-order valence-electron chi connectivity index (χ1n) is 11.4. The number of hydrogen-bond donors (Lipinski definition) is 1. The molecular weight excluding hydrogens is 397 g/mol. The van der Waals surface area contributed by atoms with E-state index < -0.39 is 11.0 Å². The van der Waals surface area contributed by atoms with Gasteiger partial charge in [0.05, 0.1) is 12.7 Å². The van der Waals surface area contributed by atoms with E-state index in [0.29, 0.717) is 31.7 Å². The number of aliphatic imine (C=N–C) groups is 1. The fourth-order valence-corrected chi connectivity index (χ4v) is 7.09. The third-order valence-corrected chi connectivity index (χ3v) is 8.16. The fraction of sp³-hybridized carbons (Fsp3) is 0.667. The Morgan fingerprint density at radius 3 is 2.71 bits per heavy atom. The summed E-state index contributed by atoms with van der Waals surface area (Å²) in [5, 5.41) is 0. The molecule has 31 heavy (non-hydrogen) atoms. The molecule has 6 atom stereocenters. The first-order valence-corrected chi connectivity index (χ1v) is 11.4. The van der Waals surface area contributed by atoms with Gasteiger partial charge in [0.15, 0.2) is 11.5 Å². The van der Waals surface area contributed by atoms with E-state index in [1.54, 1.807) is 12.0 Å². The van der Waals surface area contributed by atoms with Crippen molar-refractivity contribution in [2.75, 3.05) is 26.9 Å². The summed E-state index contributed by atoms with van der Waals surface area (Å²) < 4.78 is 25.7. The van der Waals surface area contributed by atoms with Crippen LogP contribution in [0.15, 0.2) is 23.2 Å². The fourth-order valence-electron chi connectivity index (χ4n) is 7.09. The Hall–Kier alpha value is -1.99. The smallest absolute Gasteiger partial charge is 0.262 e. The zero-order valence-corrected chi connectivity index (χ0v) is 18.6. The number of fused-ring (bicyclic) bond motifs is 3. The third-order valence-electron chi connectivity index (χ3n) is 8.16. The zero-order chi connectivity index (χ0) is 22.0. The molecule has 6 nitrogen and oxygen atoms in total. The second-order valence-electron chi connectivity index (χ2n) is 10.1. The molecule has 2 fully saturated rings. The van der Waals surface area contributed by atoms with Crippen LogP contribution in [0.5, 0.6) is 0 Å². The zero-order valence-electron chi connectivity index (χ0n) is 18.6. The minimum absolute atomic E-state index is 0.100. The van der Waals surface area contributed by atoms with Crippen LogP contribution < -0.4 is 5.73 Å². The summed E-state index contributed by atoms with van der Waals surface area (Å²) in [5.41, 5.74) is 6.52. The molecule has 0 aromatic heterocycles. The summed E-state index contributed by atoms with van der Waals surface area (Å²) in [6.07, 6.45) is 3.32. The van der Waals surface area contributed by atoms with Crippen LogP contribution in [0.3, 0.4) is 0 Å². The maximum atomic E-state index is 14.4. The number of carbonyl (C=O) groups is 1. The van der Waals surface area contributed by atoms with Crippen LogP contribution in [0, 0.1) is 29.0 Å². The van der Waals surface area contributed by atoms with Crippen LogP contribution >= 0.6 is 0 Å². The quantitative estimate of drug-likeness (QED) is 0.802. The van der Waals surface area contributed by atoms with Crippen LogP contribution in [0.1, 0.15) is 44.2 Å². The van der Waals surface area contributed by atoms with Crippen molar-refractivity contribution in [1.82, 2.24) is 4.90 Å². The number of benzene rings is 1. The predicted octanol–water partition coefficient (Wildman–Crippen LogP) is 2.84. The molecule has 1 saturated heterocycles. The minimum atomic E-state index is -1.16. The summed E-state index contributed by atoms with van der Waals surface area (Å²) in [7, 11) is 1.76. The van der Waals surface area contributed by atoms with Crippen molar-refractivity contribution in [2.24, 2.45) is 33.9 Å². The number of methoxy groups -OCH3 is 1. The van der Waals surface area contributed by atoms with E-state index in [4.69, 9.17) is 20.2 Å². The molecular formula is C24H32FN3O3. The normalized spacial score (nSPS) is 39.5. The molecule has 1 saturated carbocycles. The van der Waals surface area contributed by atoms with Gasteiger partial charge < -0.3 is 15.2 Å². The predicted molar refractivity (Wildman–Crippen MR) is 115 cm³/mol. The Bertz CT molecular complexity index is 917. The van der Waals surface area contributed by atoms with Crippen LogP contribution in [0.4, 0.5) is 4.39 Å². The number of guanidine groups is 1. The number of halogens is 1. The molecule has 2 aliphatic heterocycles. The van der Waals surface area contributed by atoms with Crippen molar-refractivity contribution in [3.63, 3.8) is 0 Å². The van der Waals surface area contributed by atoms with Crippen molar-refractivity contribution < 1.29 is 18.7 Å². The Morgan fingerprint density at radius 1 is 1.32 bits per heavy atom. The average molecular weight is 430 g/mol.